The topological polar surface area (TPSA) is 19.9 Å². The lowest BCUT2D eigenvalue weighted by molar-refractivity contribution is -0.289. The van der Waals surface area contributed by atoms with E-state index in [0.29, 0.717) is 12.5 Å². The van der Waals surface area contributed by atoms with Crippen LogP contribution in [0.5, 0.6) is 0 Å². The van der Waals surface area contributed by atoms with Gasteiger partial charge in [0.25, 0.3) is 0 Å². The Morgan fingerprint density at radius 3 is 2.17 bits per heavy atom. The van der Waals surface area contributed by atoms with Crippen LogP contribution in [-0.4, -0.2) is 6.18 Å². The molecule has 0 saturated carbocycles. The molecule has 0 bridgehead atoms. The predicted octanol–water partition coefficient (Wildman–Crippen LogP) is 4.61. The molecule has 0 N–H and O–H groups in total. The molecule has 0 fully saturated rings. The van der Waals surface area contributed by atoms with E-state index in [2.05, 4.69) is 0 Å². The highest BCUT2D eigenvalue weighted by atomic mass is 19.4. The minimum absolute atomic E-state index is 0.0188. The van der Waals surface area contributed by atoms with Crippen LogP contribution in [0.4, 0.5) is 22.0 Å². The smallest absolute Gasteiger partial charge is 0.228 e. The van der Waals surface area contributed by atoms with E-state index in [0.717, 1.165) is 12.1 Å². The lowest BCUT2D eigenvalue weighted by atomic mass is 9.95. The molecule has 0 saturated heterocycles. The van der Waals surface area contributed by atoms with Crippen molar-refractivity contribution in [2.75, 3.05) is 0 Å². The highest BCUT2D eigenvalue weighted by Crippen LogP contribution is 2.46. The van der Waals surface area contributed by atoms with Crippen molar-refractivity contribution < 1.29 is 27.1 Å². The zero-order chi connectivity index (χ0) is 14.0. The number of hydrogen-bond donors (Lipinski definition) is 0. The third kappa shape index (κ3) is 2.80. The molecule has 0 aliphatic carbocycles. The van der Waals surface area contributed by atoms with Gasteiger partial charge in [0, 0.05) is 5.56 Å². The molecule has 0 aliphatic heterocycles. The Bertz CT molecular complexity index is 400. The molecule has 101 valence electrons. The second-order valence-electron chi connectivity index (χ2n) is 3.94. The fourth-order valence-electron chi connectivity index (χ4n) is 1.63. The Morgan fingerprint density at radius 1 is 1.11 bits per heavy atom. The highest BCUT2D eigenvalue weighted by Gasteiger charge is 2.59. The van der Waals surface area contributed by atoms with Gasteiger partial charge < -0.3 is 0 Å². The van der Waals surface area contributed by atoms with Gasteiger partial charge in [0.2, 0.25) is 0 Å². The summed E-state index contributed by atoms with van der Waals surface area (Å²) in [6, 6.07) is 4.04. The summed E-state index contributed by atoms with van der Waals surface area (Å²) in [7, 11) is 0. The highest BCUT2D eigenvalue weighted by molar-refractivity contribution is 5.33. The fraction of sp³-hybridized carbons (Fsp3) is 0.500. The van der Waals surface area contributed by atoms with Crippen LogP contribution in [0, 0.1) is 0 Å². The number of benzene rings is 1. The molecule has 0 aliphatic rings. The van der Waals surface area contributed by atoms with Gasteiger partial charge in [0.15, 0.2) is 0 Å². The van der Waals surface area contributed by atoms with Gasteiger partial charge in [0.05, 0.1) is 0 Å². The second-order valence-corrected chi connectivity index (χ2v) is 3.94. The number of alkyl halides is 5. The maximum Gasteiger partial charge on any atom is 0.458 e. The lowest BCUT2D eigenvalue weighted by Crippen LogP contribution is -2.34. The first-order valence-corrected chi connectivity index (χ1v) is 5.41. The monoisotopic (exact) mass is 267 g/mol. The Morgan fingerprint density at radius 2 is 1.67 bits per heavy atom. The van der Waals surface area contributed by atoms with E-state index in [-0.39, 0.29) is 6.42 Å². The number of hydrogen-bond acceptors (Lipinski definition) is 0. The van der Waals surface area contributed by atoms with Gasteiger partial charge in [-0.3, -0.25) is 0 Å². The summed E-state index contributed by atoms with van der Waals surface area (Å²) in [4.78, 5) is 0. The molecule has 0 aromatic heterocycles. The van der Waals surface area contributed by atoms with Crippen molar-refractivity contribution in [3.8, 4) is 0 Å². The molecule has 1 unspecified atom stereocenters. The van der Waals surface area contributed by atoms with E-state index in [1.54, 1.807) is 6.92 Å². The molecule has 0 heterocycles. The Kier molecular flexibility index (Phi) is 4.32. The average molecular weight is 267 g/mol. The molecule has 1 aromatic rings. The standard InChI is InChI=1S/C12H12F5O/c1-2-5-10(18)8-6-3-4-7-9(8)11(13,14)12(15,16)17/h3-4,6-7,10H,2,5H2,1H3. The van der Waals surface area contributed by atoms with Gasteiger partial charge >= 0.3 is 12.1 Å². The van der Waals surface area contributed by atoms with E-state index < -0.39 is 29.3 Å². The van der Waals surface area contributed by atoms with Crippen LogP contribution in [0.1, 0.15) is 37.0 Å². The van der Waals surface area contributed by atoms with Crippen LogP contribution in [0.3, 0.4) is 0 Å². The maximum atomic E-state index is 13.3. The normalized spacial score (nSPS) is 14.6. The van der Waals surface area contributed by atoms with Gasteiger partial charge in [0.1, 0.15) is 6.10 Å². The molecule has 0 spiro atoms. The van der Waals surface area contributed by atoms with Crippen LogP contribution in [0.25, 0.3) is 0 Å². The minimum Gasteiger partial charge on any atom is -0.228 e. The molecule has 18 heavy (non-hydrogen) atoms. The predicted molar refractivity (Wildman–Crippen MR) is 54.7 cm³/mol. The zero-order valence-corrected chi connectivity index (χ0v) is 9.60. The number of halogens is 5. The van der Waals surface area contributed by atoms with Crippen molar-refractivity contribution in [3.05, 3.63) is 35.4 Å². The first-order valence-electron chi connectivity index (χ1n) is 5.41. The van der Waals surface area contributed by atoms with E-state index in [9.17, 15) is 27.1 Å². The van der Waals surface area contributed by atoms with Gasteiger partial charge in [-0.05, 0) is 12.0 Å². The van der Waals surface area contributed by atoms with E-state index in [1.807, 2.05) is 0 Å². The van der Waals surface area contributed by atoms with Crippen molar-refractivity contribution in [2.24, 2.45) is 0 Å². The van der Waals surface area contributed by atoms with Crippen molar-refractivity contribution >= 4 is 0 Å². The summed E-state index contributed by atoms with van der Waals surface area (Å²) in [5, 5.41) is 11.6. The number of rotatable bonds is 4. The van der Waals surface area contributed by atoms with Crippen LogP contribution < -0.4 is 0 Å². The van der Waals surface area contributed by atoms with Crippen LogP contribution >= 0.6 is 0 Å². The summed E-state index contributed by atoms with van der Waals surface area (Å²) in [5.74, 6) is -5.00. The molecule has 0 amide bonds. The van der Waals surface area contributed by atoms with Gasteiger partial charge in [-0.25, -0.2) is 5.11 Å². The van der Waals surface area contributed by atoms with E-state index >= 15 is 0 Å². The molecular formula is C12H12F5O. The Labute approximate surface area is 101 Å². The zero-order valence-electron chi connectivity index (χ0n) is 9.60. The first-order chi connectivity index (χ1) is 8.21. The first kappa shape index (κ1) is 14.9. The van der Waals surface area contributed by atoms with Crippen molar-refractivity contribution in [2.45, 2.75) is 38.0 Å². The van der Waals surface area contributed by atoms with E-state index in [4.69, 9.17) is 0 Å². The van der Waals surface area contributed by atoms with Crippen LogP contribution in [0.2, 0.25) is 0 Å². The summed E-state index contributed by atoms with van der Waals surface area (Å²) < 4.78 is 63.4. The van der Waals surface area contributed by atoms with E-state index in [1.165, 1.54) is 6.07 Å². The summed E-state index contributed by atoms with van der Waals surface area (Å²) in [6.45, 7) is 1.66. The van der Waals surface area contributed by atoms with Gasteiger partial charge in [-0.2, -0.15) is 22.0 Å². The summed E-state index contributed by atoms with van der Waals surface area (Å²) in [6.07, 6.45) is -6.83. The molecule has 1 radical (unpaired) electrons. The van der Waals surface area contributed by atoms with Gasteiger partial charge in [-0.1, -0.05) is 37.6 Å². The Balaban J connectivity index is 3.25. The van der Waals surface area contributed by atoms with Crippen molar-refractivity contribution in [1.82, 2.24) is 0 Å². The molecule has 1 rings (SSSR count). The quantitative estimate of drug-likeness (QED) is 0.710. The summed E-state index contributed by atoms with van der Waals surface area (Å²) in [5.41, 5.74) is -1.73. The Hall–Kier alpha value is -1.17. The SMILES string of the molecule is CCCC([O])c1ccccc1C(F)(F)C(F)(F)F. The van der Waals surface area contributed by atoms with Crippen LogP contribution in [-0.2, 0) is 11.0 Å². The third-order valence-corrected chi connectivity index (χ3v) is 2.55. The average Bonchev–Trinajstić information content (AvgIpc) is 2.28. The molecular weight excluding hydrogens is 255 g/mol. The summed E-state index contributed by atoms with van der Waals surface area (Å²) >= 11 is 0. The largest absolute Gasteiger partial charge is 0.458 e. The van der Waals surface area contributed by atoms with Crippen LogP contribution in [0.15, 0.2) is 24.3 Å². The van der Waals surface area contributed by atoms with Crippen molar-refractivity contribution in [3.63, 3.8) is 0 Å². The second kappa shape index (κ2) is 5.22. The maximum absolute atomic E-state index is 13.3. The molecule has 1 atom stereocenters. The fourth-order valence-corrected chi connectivity index (χ4v) is 1.63. The van der Waals surface area contributed by atoms with Gasteiger partial charge in [-0.15, -0.1) is 0 Å². The third-order valence-electron chi connectivity index (χ3n) is 2.55. The lowest BCUT2D eigenvalue weighted by Gasteiger charge is -2.23. The molecule has 6 heteroatoms. The molecule has 1 nitrogen and oxygen atoms in total. The van der Waals surface area contributed by atoms with Crippen molar-refractivity contribution in [1.29, 1.82) is 0 Å². The minimum atomic E-state index is -5.70. The molecule has 1 aromatic carbocycles.